The van der Waals surface area contributed by atoms with Crippen molar-refractivity contribution >= 4 is 5.82 Å². The Labute approximate surface area is 152 Å². The van der Waals surface area contributed by atoms with Crippen molar-refractivity contribution in [2.24, 2.45) is 5.73 Å². The van der Waals surface area contributed by atoms with Crippen LogP contribution in [0.2, 0.25) is 0 Å². The molecule has 2 aliphatic rings. The van der Waals surface area contributed by atoms with Crippen LogP contribution in [0.4, 0.5) is 5.82 Å². The van der Waals surface area contributed by atoms with Crippen LogP contribution in [0.5, 0.6) is 11.5 Å². The molecule has 0 amide bonds. The standard InChI is InChI=1S/C19H24N4O3/c1-24-10-19-22-15(13-7-14(20)8-13)9-18(23-19)21-5-4-12-2-3-16-17(6-12)26-11-25-16/h2-3,6,9,13-14H,4-5,7-8,10-11,20H2,1H3,(H,21,22,23). The van der Waals surface area contributed by atoms with E-state index in [-0.39, 0.29) is 0 Å². The fourth-order valence-corrected chi connectivity index (χ4v) is 3.35. The molecule has 1 aliphatic carbocycles. The summed E-state index contributed by atoms with van der Waals surface area (Å²) < 4.78 is 16.0. The quantitative estimate of drug-likeness (QED) is 0.786. The SMILES string of the molecule is COCc1nc(NCCc2ccc3c(c2)OCO3)cc(C2CC(N)C2)n1. The van der Waals surface area contributed by atoms with E-state index in [2.05, 4.69) is 21.4 Å². The van der Waals surface area contributed by atoms with Gasteiger partial charge in [0, 0.05) is 37.4 Å². The van der Waals surface area contributed by atoms with Gasteiger partial charge in [-0.15, -0.1) is 0 Å². The Morgan fingerprint density at radius 2 is 2.04 bits per heavy atom. The van der Waals surface area contributed by atoms with E-state index in [4.69, 9.17) is 19.9 Å². The smallest absolute Gasteiger partial charge is 0.231 e. The second kappa shape index (κ2) is 7.47. The van der Waals surface area contributed by atoms with Crippen LogP contribution >= 0.6 is 0 Å². The lowest BCUT2D eigenvalue weighted by Crippen LogP contribution is -2.35. The van der Waals surface area contributed by atoms with Gasteiger partial charge in [0.15, 0.2) is 17.3 Å². The van der Waals surface area contributed by atoms with Crippen LogP contribution in [0.1, 0.15) is 35.8 Å². The Kier molecular flexibility index (Phi) is 4.90. The lowest BCUT2D eigenvalue weighted by Gasteiger charge is -2.32. The molecule has 26 heavy (non-hydrogen) atoms. The average Bonchev–Trinajstić information content (AvgIpc) is 3.07. The largest absolute Gasteiger partial charge is 0.454 e. The molecule has 1 aromatic heterocycles. The second-order valence-electron chi connectivity index (χ2n) is 6.82. The molecule has 1 aliphatic heterocycles. The first-order valence-corrected chi connectivity index (χ1v) is 8.96. The predicted molar refractivity (Wildman–Crippen MR) is 97.5 cm³/mol. The summed E-state index contributed by atoms with van der Waals surface area (Å²) >= 11 is 0. The lowest BCUT2D eigenvalue weighted by molar-refractivity contribution is 0.174. The summed E-state index contributed by atoms with van der Waals surface area (Å²) in [5, 5.41) is 3.40. The van der Waals surface area contributed by atoms with E-state index in [1.54, 1.807) is 7.11 Å². The fourth-order valence-electron chi connectivity index (χ4n) is 3.35. The molecule has 2 aromatic rings. The van der Waals surface area contributed by atoms with Gasteiger partial charge in [-0.25, -0.2) is 9.97 Å². The van der Waals surface area contributed by atoms with Crippen molar-refractivity contribution in [3.05, 3.63) is 41.3 Å². The minimum Gasteiger partial charge on any atom is -0.454 e. The molecule has 3 N–H and O–H groups in total. The van der Waals surface area contributed by atoms with E-state index in [1.807, 2.05) is 18.2 Å². The predicted octanol–water partition coefficient (Wildman–Crippen LogP) is 2.21. The van der Waals surface area contributed by atoms with Crippen LogP contribution in [0.15, 0.2) is 24.3 Å². The number of nitrogens with one attached hydrogen (secondary N) is 1. The van der Waals surface area contributed by atoms with Crippen molar-refractivity contribution < 1.29 is 14.2 Å². The second-order valence-corrected chi connectivity index (χ2v) is 6.82. The highest BCUT2D eigenvalue weighted by atomic mass is 16.7. The van der Waals surface area contributed by atoms with Gasteiger partial charge in [-0.05, 0) is 37.0 Å². The molecule has 7 nitrogen and oxygen atoms in total. The summed E-state index contributed by atoms with van der Waals surface area (Å²) in [7, 11) is 1.65. The summed E-state index contributed by atoms with van der Waals surface area (Å²) in [5.41, 5.74) is 8.17. The first kappa shape index (κ1) is 17.1. The highest BCUT2D eigenvalue weighted by Gasteiger charge is 2.29. The first-order valence-electron chi connectivity index (χ1n) is 8.96. The van der Waals surface area contributed by atoms with Crippen LogP contribution in [0.25, 0.3) is 0 Å². The van der Waals surface area contributed by atoms with E-state index in [0.717, 1.165) is 48.8 Å². The first-order chi connectivity index (χ1) is 12.7. The van der Waals surface area contributed by atoms with Crippen molar-refractivity contribution in [1.82, 2.24) is 9.97 Å². The third-order valence-electron chi connectivity index (χ3n) is 4.82. The molecule has 4 rings (SSSR count). The van der Waals surface area contributed by atoms with E-state index >= 15 is 0 Å². The van der Waals surface area contributed by atoms with Crippen molar-refractivity contribution in [2.45, 2.75) is 37.8 Å². The molecule has 1 fully saturated rings. The monoisotopic (exact) mass is 356 g/mol. The Balaban J connectivity index is 1.40. The van der Waals surface area contributed by atoms with E-state index in [0.29, 0.717) is 31.2 Å². The third-order valence-corrected chi connectivity index (χ3v) is 4.82. The molecule has 138 valence electrons. The molecular weight excluding hydrogens is 332 g/mol. The zero-order chi connectivity index (χ0) is 17.9. The van der Waals surface area contributed by atoms with Gasteiger partial charge < -0.3 is 25.3 Å². The Morgan fingerprint density at radius 1 is 1.19 bits per heavy atom. The number of anilines is 1. The van der Waals surface area contributed by atoms with Crippen LogP contribution in [0, 0.1) is 0 Å². The minimum absolute atomic E-state index is 0.295. The number of aromatic nitrogens is 2. The van der Waals surface area contributed by atoms with Gasteiger partial charge >= 0.3 is 0 Å². The van der Waals surface area contributed by atoms with E-state index in [1.165, 1.54) is 5.56 Å². The molecule has 0 spiro atoms. The third kappa shape index (κ3) is 3.73. The number of fused-ring (bicyclic) bond motifs is 1. The summed E-state index contributed by atoms with van der Waals surface area (Å²) in [6.45, 7) is 1.48. The van der Waals surface area contributed by atoms with Crippen LogP contribution in [0.3, 0.4) is 0 Å². The highest BCUT2D eigenvalue weighted by Crippen LogP contribution is 2.35. The normalized spacial score (nSPS) is 20.7. The van der Waals surface area contributed by atoms with E-state index in [9.17, 15) is 0 Å². The number of hydrogen-bond acceptors (Lipinski definition) is 7. The molecular formula is C19H24N4O3. The number of methoxy groups -OCH3 is 1. The Morgan fingerprint density at radius 3 is 2.85 bits per heavy atom. The Bertz CT molecular complexity index is 777. The topological polar surface area (TPSA) is 91.5 Å². The van der Waals surface area contributed by atoms with Crippen LogP contribution in [-0.4, -0.2) is 36.5 Å². The summed E-state index contributed by atoms with van der Waals surface area (Å²) in [6, 6.07) is 8.38. The zero-order valence-electron chi connectivity index (χ0n) is 14.9. The van der Waals surface area contributed by atoms with Gasteiger partial charge in [0.2, 0.25) is 6.79 Å². The highest BCUT2D eigenvalue weighted by molar-refractivity contribution is 5.45. The number of nitrogens with zero attached hydrogens (tertiary/aromatic N) is 2. The molecule has 0 saturated heterocycles. The molecule has 1 aromatic carbocycles. The molecule has 2 heterocycles. The number of rotatable bonds is 7. The molecule has 0 unspecified atom stereocenters. The maximum atomic E-state index is 5.92. The van der Waals surface area contributed by atoms with Gasteiger partial charge in [0.1, 0.15) is 12.4 Å². The molecule has 0 bridgehead atoms. The number of hydrogen-bond donors (Lipinski definition) is 2. The zero-order valence-corrected chi connectivity index (χ0v) is 14.9. The van der Waals surface area contributed by atoms with Gasteiger partial charge in [-0.1, -0.05) is 6.07 Å². The summed E-state index contributed by atoms with van der Waals surface area (Å²) in [6.07, 6.45) is 2.84. The van der Waals surface area contributed by atoms with Crippen molar-refractivity contribution in [3.63, 3.8) is 0 Å². The van der Waals surface area contributed by atoms with Gasteiger partial charge in [-0.2, -0.15) is 0 Å². The maximum absolute atomic E-state index is 5.92. The Hall–Kier alpha value is -2.38. The van der Waals surface area contributed by atoms with Crippen LogP contribution in [-0.2, 0) is 17.8 Å². The maximum Gasteiger partial charge on any atom is 0.231 e. The summed E-state index contributed by atoms with van der Waals surface area (Å²) in [5.74, 6) is 3.60. The van der Waals surface area contributed by atoms with Crippen LogP contribution < -0.4 is 20.5 Å². The number of ether oxygens (including phenoxy) is 3. The number of nitrogens with two attached hydrogens (primary N) is 1. The fraction of sp³-hybridized carbons (Fsp3) is 0.474. The van der Waals surface area contributed by atoms with Crippen molar-refractivity contribution in [3.8, 4) is 11.5 Å². The molecule has 0 radical (unpaired) electrons. The summed E-state index contributed by atoms with van der Waals surface area (Å²) in [4.78, 5) is 9.17. The average molecular weight is 356 g/mol. The molecule has 1 saturated carbocycles. The van der Waals surface area contributed by atoms with Gasteiger partial charge in [0.05, 0.1) is 0 Å². The lowest BCUT2D eigenvalue weighted by atomic mass is 9.78. The minimum atomic E-state index is 0.295. The van der Waals surface area contributed by atoms with E-state index < -0.39 is 0 Å². The van der Waals surface area contributed by atoms with Crippen molar-refractivity contribution in [2.75, 3.05) is 25.8 Å². The van der Waals surface area contributed by atoms with Gasteiger partial charge in [0.25, 0.3) is 0 Å². The number of benzene rings is 1. The molecule has 0 atom stereocenters. The molecule has 7 heteroatoms. The van der Waals surface area contributed by atoms with Gasteiger partial charge in [-0.3, -0.25) is 0 Å². The van der Waals surface area contributed by atoms with Crippen molar-refractivity contribution in [1.29, 1.82) is 0 Å².